The Bertz CT molecular complexity index is 775. The van der Waals surface area contributed by atoms with E-state index >= 15 is 0 Å². The smallest absolute Gasteiger partial charge is 0.168 e. The molecular weight excluding hydrogens is 400 g/mol. The van der Waals surface area contributed by atoms with Gasteiger partial charge in [0, 0.05) is 36.4 Å². The third-order valence-electron chi connectivity index (χ3n) is 3.13. The molecule has 4 heteroatoms. The van der Waals surface area contributed by atoms with Crippen LogP contribution in [0.5, 0.6) is 0 Å². The van der Waals surface area contributed by atoms with Crippen LogP contribution in [-0.2, 0) is 6.42 Å². The van der Waals surface area contributed by atoms with E-state index in [-0.39, 0.29) is 5.78 Å². The summed E-state index contributed by atoms with van der Waals surface area (Å²) in [6.07, 6.45) is 0.436. The van der Waals surface area contributed by atoms with E-state index in [4.69, 9.17) is 0 Å². The monoisotopic (exact) mass is 408 g/mol. The van der Waals surface area contributed by atoms with Gasteiger partial charge in [-0.2, -0.15) is 0 Å². The summed E-state index contributed by atoms with van der Waals surface area (Å²) in [5.41, 5.74) is 1.85. The van der Waals surface area contributed by atoms with Crippen LogP contribution in [0.15, 0.2) is 56.8 Å². The van der Waals surface area contributed by atoms with E-state index in [0.717, 1.165) is 30.2 Å². The van der Waals surface area contributed by atoms with Crippen LogP contribution in [0.1, 0.15) is 15.9 Å². The number of halogens is 2. The molecule has 0 aliphatic rings. The Morgan fingerprint density at radius 3 is 2.55 bits per heavy atom. The van der Waals surface area contributed by atoms with E-state index in [2.05, 4.69) is 31.9 Å². The summed E-state index contributed by atoms with van der Waals surface area (Å²) in [6.45, 7) is 0. The fourth-order valence-corrected chi connectivity index (χ4v) is 4.01. The molecule has 0 amide bonds. The Morgan fingerprint density at radius 2 is 1.80 bits per heavy atom. The lowest BCUT2D eigenvalue weighted by atomic mass is 10.0. The second-order valence-corrected chi connectivity index (χ2v) is 7.14. The van der Waals surface area contributed by atoms with Crippen LogP contribution < -0.4 is 0 Å². The number of Topliss-reactive ketones (excluding diaryl/α,β-unsaturated/α-hetero) is 1. The number of carbonyl (C=O) groups is 1. The lowest BCUT2D eigenvalue weighted by molar-refractivity contribution is 0.0995. The third-order valence-corrected chi connectivity index (χ3v) is 5.61. The van der Waals surface area contributed by atoms with E-state index in [1.807, 2.05) is 47.8 Å². The summed E-state index contributed by atoms with van der Waals surface area (Å²) in [5, 5.41) is 2.99. The molecule has 1 nitrogen and oxygen atoms in total. The summed E-state index contributed by atoms with van der Waals surface area (Å²) in [7, 11) is 0. The van der Waals surface area contributed by atoms with E-state index in [0.29, 0.717) is 6.42 Å². The molecule has 1 aromatic heterocycles. The molecular formula is C16H10Br2OS. The molecule has 100 valence electrons. The summed E-state index contributed by atoms with van der Waals surface area (Å²) in [6, 6.07) is 13.9. The van der Waals surface area contributed by atoms with Crippen LogP contribution in [0.4, 0.5) is 0 Å². The van der Waals surface area contributed by atoms with Gasteiger partial charge >= 0.3 is 0 Å². The zero-order valence-corrected chi connectivity index (χ0v) is 14.4. The quantitative estimate of drug-likeness (QED) is 0.495. The molecule has 0 saturated heterocycles. The van der Waals surface area contributed by atoms with Crippen LogP contribution in [0.3, 0.4) is 0 Å². The molecule has 20 heavy (non-hydrogen) atoms. The molecule has 0 atom stereocenters. The van der Waals surface area contributed by atoms with Gasteiger partial charge in [-0.1, -0.05) is 40.2 Å². The lowest BCUT2D eigenvalue weighted by Gasteiger charge is -2.01. The van der Waals surface area contributed by atoms with Crippen LogP contribution in [-0.4, -0.2) is 5.78 Å². The SMILES string of the molecule is O=C(Cc1ccc(Br)cc1)c1csc2c(Br)cccc12. The molecule has 0 spiro atoms. The number of ketones is 1. The summed E-state index contributed by atoms with van der Waals surface area (Å²) < 4.78 is 3.20. The van der Waals surface area contributed by atoms with Gasteiger partial charge in [-0.25, -0.2) is 0 Å². The second-order valence-electron chi connectivity index (χ2n) is 4.49. The Labute approximate surface area is 137 Å². The van der Waals surface area contributed by atoms with Gasteiger partial charge in [0.15, 0.2) is 5.78 Å². The van der Waals surface area contributed by atoms with Crippen LogP contribution in [0, 0.1) is 0 Å². The minimum Gasteiger partial charge on any atom is -0.294 e. The number of benzene rings is 2. The first-order chi connectivity index (χ1) is 9.65. The highest BCUT2D eigenvalue weighted by atomic mass is 79.9. The maximum absolute atomic E-state index is 12.5. The molecule has 3 rings (SSSR count). The summed E-state index contributed by atoms with van der Waals surface area (Å²) >= 11 is 8.54. The molecule has 0 bridgehead atoms. The molecule has 0 fully saturated rings. The average molecular weight is 410 g/mol. The summed E-state index contributed by atoms with van der Waals surface area (Å²) in [4.78, 5) is 12.5. The van der Waals surface area contributed by atoms with Crippen molar-refractivity contribution in [1.29, 1.82) is 0 Å². The Balaban J connectivity index is 1.93. The van der Waals surface area contributed by atoms with Crippen LogP contribution >= 0.6 is 43.2 Å². The maximum atomic E-state index is 12.5. The molecule has 2 aromatic carbocycles. The van der Waals surface area contributed by atoms with E-state index in [9.17, 15) is 4.79 Å². The topological polar surface area (TPSA) is 17.1 Å². The first-order valence-electron chi connectivity index (χ1n) is 6.08. The van der Waals surface area contributed by atoms with E-state index < -0.39 is 0 Å². The first-order valence-corrected chi connectivity index (χ1v) is 8.55. The van der Waals surface area contributed by atoms with Crippen molar-refractivity contribution in [3.05, 3.63) is 67.9 Å². The van der Waals surface area contributed by atoms with Crippen molar-refractivity contribution in [1.82, 2.24) is 0 Å². The molecule has 0 aliphatic heterocycles. The number of rotatable bonds is 3. The van der Waals surface area contributed by atoms with Gasteiger partial charge in [-0.05, 0) is 39.7 Å². The molecule has 0 aliphatic carbocycles. The van der Waals surface area contributed by atoms with Crippen molar-refractivity contribution in [3.63, 3.8) is 0 Å². The third kappa shape index (κ3) is 2.73. The minimum atomic E-state index is 0.164. The van der Waals surface area contributed by atoms with Crippen molar-refractivity contribution in [3.8, 4) is 0 Å². The number of fused-ring (bicyclic) bond motifs is 1. The average Bonchev–Trinajstić information content (AvgIpc) is 2.87. The van der Waals surface area contributed by atoms with Gasteiger partial charge in [0.1, 0.15) is 0 Å². The predicted molar refractivity (Wildman–Crippen MR) is 91.7 cm³/mol. The number of hydrogen-bond donors (Lipinski definition) is 0. The Kier molecular flexibility index (Phi) is 4.06. The predicted octanol–water partition coefficient (Wildman–Crippen LogP) is 5.85. The lowest BCUT2D eigenvalue weighted by Crippen LogP contribution is -2.02. The zero-order chi connectivity index (χ0) is 14.1. The second kappa shape index (κ2) is 5.80. The van der Waals surface area contributed by atoms with E-state index in [1.54, 1.807) is 11.3 Å². The number of thiophene rings is 1. The fraction of sp³-hybridized carbons (Fsp3) is 0.0625. The normalized spacial score (nSPS) is 10.9. The fourth-order valence-electron chi connectivity index (χ4n) is 2.12. The molecule has 0 unspecified atom stereocenters. The Morgan fingerprint density at radius 1 is 1.05 bits per heavy atom. The standard InChI is InChI=1S/C16H10Br2OS/c17-11-6-4-10(5-7-11)8-15(19)13-9-20-16-12(13)2-1-3-14(16)18/h1-7,9H,8H2. The van der Waals surface area contributed by atoms with Gasteiger partial charge in [-0.15, -0.1) is 11.3 Å². The molecule has 0 saturated carbocycles. The van der Waals surface area contributed by atoms with Crippen molar-refractivity contribution < 1.29 is 4.79 Å². The van der Waals surface area contributed by atoms with Crippen molar-refractivity contribution in [2.75, 3.05) is 0 Å². The molecule has 1 heterocycles. The molecule has 3 aromatic rings. The highest BCUT2D eigenvalue weighted by molar-refractivity contribution is 9.11. The van der Waals surface area contributed by atoms with E-state index in [1.165, 1.54) is 0 Å². The number of carbonyl (C=O) groups excluding carboxylic acids is 1. The zero-order valence-electron chi connectivity index (χ0n) is 10.4. The highest BCUT2D eigenvalue weighted by Gasteiger charge is 2.14. The highest BCUT2D eigenvalue weighted by Crippen LogP contribution is 2.32. The summed E-state index contributed by atoms with van der Waals surface area (Å²) in [5.74, 6) is 0.164. The van der Waals surface area contributed by atoms with Crippen molar-refractivity contribution >= 4 is 59.1 Å². The van der Waals surface area contributed by atoms with Gasteiger partial charge in [-0.3, -0.25) is 4.79 Å². The number of hydrogen-bond acceptors (Lipinski definition) is 2. The van der Waals surface area contributed by atoms with Gasteiger partial charge in [0.25, 0.3) is 0 Å². The molecule has 0 N–H and O–H groups in total. The first kappa shape index (κ1) is 14.0. The van der Waals surface area contributed by atoms with Crippen LogP contribution in [0.25, 0.3) is 10.1 Å². The Hall–Kier alpha value is -0.970. The largest absolute Gasteiger partial charge is 0.294 e. The minimum absolute atomic E-state index is 0.164. The van der Waals surface area contributed by atoms with Gasteiger partial charge in [0.2, 0.25) is 0 Å². The van der Waals surface area contributed by atoms with Crippen molar-refractivity contribution in [2.24, 2.45) is 0 Å². The molecule has 0 radical (unpaired) electrons. The van der Waals surface area contributed by atoms with Gasteiger partial charge < -0.3 is 0 Å². The maximum Gasteiger partial charge on any atom is 0.168 e. The van der Waals surface area contributed by atoms with Crippen molar-refractivity contribution in [2.45, 2.75) is 6.42 Å². The van der Waals surface area contributed by atoms with Crippen LogP contribution in [0.2, 0.25) is 0 Å². The van der Waals surface area contributed by atoms with Gasteiger partial charge in [0.05, 0.1) is 0 Å².